The Labute approximate surface area is 180 Å². The largest absolute Gasteiger partial charge is 0.345 e. The predicted molar refractivity (Wildman–Crippen MR) is 117 cm³/mol. The molecule has 0 radical (unpaired) electrons. The molecule has 2 heterocycles. The minimum absolute atomic E-state index is 0.0570. The van der Waals surface area contributed by atoms with Crippen LogP contribution >= 0.6 is 0 Å². The van der Waals surface area contributed by atoms with Gasteiger partial charge in [0, 0.05) is 43.7 Å². The van der Waals surface area contributed by atoms with Crippen LogP contribution in [-0.2, 0) is 12.8 Å². The second-order valence-corrected chi connectivity index (χ2v) is 7.92. The van der Waals surface area contributed by atoms with E-state index in [0.717, 1.165) is 30.1 Å². The van der Waals surface area contributed by atoms with Crippen molar-refractivity contribution in [1.82, 2.24) is 19.4 Å². The molecule has 1 atom stereocenters. The molecule has 0 aromatic carbocycles. The summed E-state index contributed by atoms with van der Waals surface area (Å²) in [5, 5.41) is 16.7. The molecule has 0 spiro atoms. The maximum Gasteiger partial charge on any atom is 0.257 e. The van der Waals surface area contributed by atoms with Crippen molar-refractivity contribution in [3.05, 3.63) is 64.8 Å². The van der Waals surface area contributed by atoms with E-state index in [0.29, 0.717) is 37.3 Å². The summed E-state index contributed by atoms with van der Waals surface area (Å²) in [4.78, 5) is 22.7. The van der Waals surface area contributed by atoms with Crippen molar-refractivity contribution >= 4 is 17.8 Å². The van der Waals surface area contributed by atoms with E-state index in [-0.39, 0.29) is 17.3 Å². The van der Waals surface area contributed by atoms with Crippen LogP contribution in [-0.4, -0.2) is 50.4 Å². The van der Waals surface area contributed by atoms with Crippen LogP contribution in [0.4, 0.5) is 4.39 Å². The van der Waals surface area contributed by atoms with Gasteiger partial charge in [0.1, 0.15) is 23.3 Å². The number of fused-ring (bicyclic) bond motifs is 1. The van der Waals surface area contributed by atoms with E-state index in [1.807, 2.05) is 6.92 Å². The summed E-state index contributed by atoms with van der Waals surface area (Å²) in [5.74, 6) is 1.10. The molecule has 1 unspecified atom stereocenters. The highest BCUT2D eigenvalue weighted by molar-refractivity contribution is 5.95. The van der Waals surface area contributed by atoms with Gasteiger partial charge >= 0.3 is 0 Å². The number of nitrogens with one attached hydrogen (secondary N) is 3. The molecule has 1 fully saturated rings. The number of carbonyl (C=O) groups is 1. The summed E-state index contributed by atoms with van der Waals surface area (Å²) in [6, 6.07) is 3.37. The Morgan fingerprint density at radius 3 is 2.94 bits per heavy atom. The Bertz CT molecular complexity index is 1110. The molecule has 0 aliphatic heterocycles. The Kier molecular flexibility index (Phi) is 5.97. The standard InChI is InChI=1S/C23H27FN6O/c1-2-29(14-12-20-27-18-7-3-5-16(24)10-11-19(18)28-20)23(31)17-6-4-13-30(22(17)26)21(25)15-8-9-15/h3-6,10-11,13,15-16,25-26H,2,7-9,12,14H2,1H3,(H,27,28)/b5-3-,11-10?,25-21?,26-22?. The molecule has 2 aromatic rings. The third kappa shape index (κ3) is 4.57. The fourth-order valence-electron chi connectivity index (χ4n) is 3.70. The Morgan fingerprint density at radius 2 is 2.19 bits per heavy atom. The van der Waals surface area contributed by atoms with Crippen molar-refractivity contribution in [2.75, 3.05) is 13.1 Å². The van der Waals surface area contributed by atoms with Crippen LogP contribution in [0.5, 0.6) is 0 Å². The summed E-state index contributed by atoms with van der Waals surface area (Å²) in [6.45, 7) is 2.85. The highest BCUT2D eigenvalue weighted by Crippen LogP contribution is 2.30. The first-order valence-electron chi connectivity index (χ1n) is 10.7. The first-order valence-corrected chi connectivity index (χ1v) is 10.7. The van der Waals surface area contributed by atoms with Gasteiger partial charge in [-0.15, -0.1) is 0 Å². The van der Waals surface area contributed by atoms with Crippen molar-refractivity contribution < 1.29 is 9.18 Å². The van der Waals surface area contributed by atoms with Crippen molar-refractivity contribution in [1.29, 1.82) is 10.8 Å². The Balaban J connectivity index is 1.48. The van der Waals surface area contributed by atoms with Gasteiger partial charge in [-0.05, 0) is 44.1 Å². The summed E-state index contributed by atoms with van der Waals surface area (Å²) in [7, 11) is 0. The number of H-pyrrole nitrogens is 1. The van der Waals surface area contributed by atoms with Crippen molar-refractivity contribution in [3.8, 4) is 0 Å². The molecule has 2 aliphatic rings. The van der Waals surface area contributed by atoms with E-state index in [1.54, 1.807) is 35.4 Å². The van der Waals surface area contributed by atoms with E-state index in [1.165, 1.54) is 16.7 Å². The fourth-order valence-corrected chi connectivity index (χ4v) is 3.70. The maximum atomic E-state index is 13.5. The zero-order valence-corrected chi connectivity index (χ0v) is 17.6. The van der Waals surface area contributed by atoms with Crippen LogP contribution < -0.4 is 5.49 Å². The zero-order chi connectivity index (χ0) is 22.0. The van der Waals surface area contributed by atoms with Crippen LogP contribution in [0, 0.1) is 16.7 Å². The maximum absolute atomic E-state index is 13.5. The number of hydrogen-bond donors (Lipinski definition) is 3. The smallest absolute Gasteiger partial charge is 0.257 e. The first kappa shape index (κ1) is 21.0. The number of nitrogens with zero attached hydrogens (tertiary/aromatic N) is 3. The van der Waals surface area contributed by atoms with E-state index < -0.39 is 6.17 Å². The van der Waals surface area contributed by atoms with E-state index in [4.69, 9.17) is 10.8 Å². The lowest BCUT2D eigenvalue weighted by atomic mass is 10.1. The SMILES string of the molecule is CCN(CCc1nc2c([nH]1)C/C=C\C(F)C=C2)C(=O)c1cccn(C(=N)C2CC2)c1=N. The lowest BCUT2D eigenvalue weighted by Gasteiger charge is -2.21. The van der Waals surface area contributed by atoms with Crippen LogP contribution in [0.1, 0.15) is 47.3 Å². The molecular formula is C23H27FN6O. The third-order valence-electron chi connectivity index (χ3n) is 5.68. The highest BCUT2D eigenvalue weighted by Gasteiger charge is 2.28. The number of hydrogen-bond acceptors (Lipinski definition) is 4. The number of alkyl halides is 1. The van der Waals surface area contributed by atoms with Crippen molar-refractivity contribution in [2.45, 2.75) is 38.8 Å². The van der Waals surface area contributed by atoms with Crippen LogP contribution in [0.2, 0.25) is 0 Å². The number of rotatable bonds is 6. The second kappa shape index (κ2) is 8.83. The zero-order valence-electron chi connectivity index (χ0n) is 17.6. The van der Waals surface area contributed by atoms with Crippen LogP contribution in [0.25, 0.3) is 6.08 Å². The molecule has 1 amide bonds. The van der Waals surface area contributed by atoms with Gasteiger partial charge in [0.2, 0.25) is 0 Å². The molecule has 1 saturated carbocycles. The molecule has 2 aliphatic carbocycles. The van der Waals surface area contributed by atoms with Gasteiger partial charge in [0.25, 0.3) is 5.91 Å². The Morgan fingerprint density at radius 1 is 1.39 bits per heavy atom. The topological polar surface area (TPSA) is 102 Å². The number of aromatic amines is 1. The third-order valence-corrected chi connectivity index (χ3v) is 5.68. The van der Waals surface area contributed by atoms with Gasteiger partial charge in [-0.25, -0.2) is 9.37 Å². The van der Waals surface area contributed by atoms with Crippen LogP contribution in [0.3, 0.4) is 0 Å². The number of carbonyl (C=O) groups excluding carboxylic acids is 1. The molecule has 162 valence electrons. The molecular weight excluding hydrogens is 395 g/mol. The number of likely N-dealkylation sites (N-methyl/N-ethyl adjacent to an activating group) is 1. The van der Waals surface area contributed by atoms with Crippen LogP contribution in [0.15, 0.2) is 36.6 Å². The Hall–Kier alpha value is -3.29. The lowest BCUT2D eigenvalue weighted by Crippen LogP contribution is -2.39. The molecule has 0 saturated heterocycles. The van der Waals surface area contributed by atoms with Gasteiger partial charge in [-0.3, -0.25) is 20.2 Å². The fraction of sp³-hybridized carbons (Fsp3) is 0.391. The quantitative estimate of drug-likeness (QED) is 0.378. The van der Waals surface area contributed by atoms with Gasteiger partial charge in [0.05, 0.1) is 11.3 Å². The monoisotopic (exact) mass is 422 g/mol. The number of imidazole rings is 1. The van der Waals surface area contributed by atoms with Gasteiger partial charge in [-0.1, -0.05) is 12.2 Å². The summed E-state index contributed by atoms with van der Waals surface area (Å²) in [6.07, 6.45) is 10.1. The normalized spacial score (nSPS) is 18.7. The molecule has 31 heavy (non-hydrogen) atoms. The molecule has 8 heteroatoms. The number of amides is 1. The molecule has 3 N–H and O–H groups in total. The number of allylic oxidation sites excluding steroid dienone is 3. The molecule has 7 nitrogen and oxygen atoms in total. The number of halogens is 1. The van der Waals surface area contributed by atoms with Crippen molar-refractivity contribution in [3.63, 3.8) is 0 Å². The average Bonchev–Trinajstić information content (AvgIpc) is 3.53. The first-order chi connectivity index (χ1) is 15.0. The summed E-state index contributed by atoms with van der Waals surface area (Å²) in [5.41, 5.74) is 2.01. The van der Waals surface area contributed by atoms with E-state index in [2.05, 4.69) is 9.97 Å². The van der Waals surface area contributed by atoms with E-state index >= 15 is 0 Å². The highest BCUT2D eigenvalue weighted by atomic mass is 19.1. The van der Waals surface area contributed by atoms with Gasteiger partial charge in [0.15, 0.2) is 0 Å². The predicted octanol–water partition coefficient (Wildman–Crippen LogP) is 3.09. The van der Waals surface area contributed by atoms with Gasteiger partial charge < -0.3 is 9.88 Å². The molecule has 2 aromatic heterocycles. The lowest BCUT2D eigenvalue weighted by molar-refractivity contribution is 0.0763. The van der Waals surface area contributed by atoms with Crippen molar-refractivity contribution in [2.24, 2.45) is 5.92 Å². The van der Waals surface area contributed by atoms with Gasteiger partial charge in [-0.2, -0.15) is 0 Å². The summed E-state index contributed by atoms with van der Waals surface area (Å²) < 4.78 is 15.1. The average molecular weight is 423 g/mol. The molecule has 4 rings (SSSR count). The number of aromatic nitrogens is 3. The van der Waals surface area contributed by atoms with E-state index in [9.17, 15) is 9.18 Å². The second-order valence-electron chi connectivity index (χ2n) is 7.92. The number of pyridine rings is 1. The molecule has 0 bridgehead atoms. The summed E-state index contributed by atoms with van der Waals surface area (Å²) >= 11 is 0. The minimum Gasteiger partial charge on any atom is -0.345 e. The minimum atomic E-state index is -1.10.